The number of ether oxygens (including phenoxy) is 2. The van der Waals surface area contributed by atoms with Crippen molar-refractivity contribution in [3.05, 3.63) is 29.8 Å². The largest absolute Gasteiger partial charge is 0.492 e. The fourth-order valence-corrected chi connectivity index (χ4v) is 3.12. The molecule has 1 atom stereocenters. The fourth-order valence-electron chi connectivity index (χ4n) is 3.12. The summed E-state index contributed by atoms with van der Waals surface area (Å²) in [5.41, 5.74) is 0.507. The van der Waals surface area contributed by atoms with Crippen LogP contribution >= 0.6 is 0 Å². The van der Waals surface area contributed by atoms with Gasteiger partial charge in [-0.3, -0.25) is 9.69 Å². The maximum Gasteiger partial charge on any atom is 0.410 e. The van der Waals surface area contributed by atoms with Gasteiger partial charge in [-0.1, -0.05) is 12.1 Å². The Bertz CT molecular complexity index is 654. The topological polar surface area (TPSA) is 79.3 Å². The number of carboxylic acids is 1. The second-order valence-electron chi connectivity index (χ2n) is 8.21. The van der Waals surface area contributed by atoms with Crippen LogP contribution in [-0.4, -0.2) is 71.4 Å². The van der Waals surface area contributed by atoms with E-state index in [4.69, 9.17) is 14.6 Å². The first-order valence-electron chi connectivity index (χ1n) is 9.79. The summed E-state index contributed by atoms with van der Waals surface area (Å²) in [7, 11) is 0. The molecular formula is C21H32N2O5. The van der Waals surface area contributed by atoms with Crippen molar-refractivity contribution in [3.63, 3.8) is 0 Å². The number of carboxylic acid groups (broad SMARTS) is 1. The van der Waals surface area contributed by atoms with E-state index in [1.165, 1.54) is 0 Å². The van der Waals surface area contributed by atoms with E-state index in [0.29, 0.717) is 19.6 Å². The summed E-state index contributed by atoms with van der Waals surface area (Å²) in [6, 6.07) is 7.65. The van der Waals surface area contributed by atoms with E-state index in [1.54, 1.807) is 4.90 Å². The monoisotopic (exact) mass is 392 g/mol. The summed E-state index contributed by atoms with van der Waals surface area (Å²) in [5.74, 6) is -0.0131. The van der Waals surface area contributed by atoms with E-state index < -0.39 is 11.6 Å². The highest BCUT2D eigenvalue weighted by atomic mass is 16.6. The second-order valence-corrected chi connectivity index (χ2v) is 8.21. The molecule has 0 aliphatic carbocycles. The molecule has 1 N–H and O–H groups in total. The van der Waals surface area contributed by atoms with Gasteiger partial charge < -0.3 is 19.5 Å². The number of carbonyl (C=O) groups excluding carboxylic acids is 1. The molecule has 7 heteroatoms. The predicted octanol–water partition coefficient (Wildman–Crippen LogP) is 3.02. The van der Waals surface area contributed by atoms with Crippen LogP contribution in [0.5, 0.6) is 5.75 Å². The van der Waals surface area contributed by atoms with Crippen LogP contribution in [0.25, 0.3) is 0 Å². The molecule has 0 unspecified atom stereocenters. The molecule has 0 radical (unpaired) electrons. The third kappa shape index (κ3) is 7.38. The molecule has 0 spiro atoms. The minimum Gasteiger partial charge on any atom is -0.492 e. The van der Waals surface area contributed by atoms with Crippen LogP contribution in [0.2, 0.25) is 0 Å². The summed E-state index contributed by atoms with van der Waals surface area (Å²) in [4.78, 5) is 27.0. The van der Waals surface area contributed by atoms with E-state index in [-0.39, 0.29) is 18.6 Å². The Labute approximate surface area is 167 Å². The molecule has 1 heterocycles. The Morgan fingerprint density at radius 1 is 1.18 bits per heavy atom. The van der Waals surface area contributed by atoms with Crippen LogP contribution in [0.1, 0.15) is 39.7 Å². The molecule has 0 saturated carbocycles. The van der Waals surface area contributed by atoms with Crippen molar-refractivity contribution >= 4 is 12.1 Å². The number of hydrogen-bond acceptors (Lipinski definition) is 5. The molecule has 0 bridgehead atoms. The van der Waals surface area contributed by atoms with Crippen molar-refractivity contribution < 1.29 is 24.2 Å². The number of rotatable bonds is 7. The lowest BCUT2D eigenvalue weighted by Gasteiger charge is -2.40. The van der Waals surface area contributed by atoms with E-state index in [2.05, 4.69) is 4.90 Å². The third-order valence-corrected chi connectivity index (χ3v) is 4.57. The molecule has 7 nitrogen and oxygen atoms in total. The zero-order valence-electron chi connectivity index (χ0n) is 17.3. The molecule has 156 valence electrons. The maximum absolute atomic E-state index is 12.3. The number of nitrogens with zero attached hydrogens (tertiary/aromatic N) is 2. The van der Waals surface area contributed by atoms with Gasteiger partial charge in [-0.25, -0.2) is 4.79 Å². The van der Waals surface area contributed by atoms with E-state index in [9.17, 15) is 9.59 Å². The summed E-state index contributed by atoms with van der Waals surface area (Å²) in [6.07, 6.45) is 0.405. The molecule has 0 aromatic heterocycles. The van der Waals surface area contributed by atoms with Crippen molar-refractivity contribution in [1.29, 1.82) is 0 Å². The SMILES string of the molecule is C[C@@H]1CN(CCOc2ccc(CCC(=O)O)cc2)CCN1C(=O)OC(C)(C)C. The smallest absolute Gasteiger partial charge is 0.410 e. The normalized spacial score (nSPS) is 18.0. The lowest BCUT2D eigenvalue weighted by atomic mass is 10.1. The molecular weight excluding hydrogens is 360 g/mol. The first kappa shape index (κ1) is 22.0. The minimum atomic E-state index is -0.790. The van der Waals surface area contributed by atoms with Crippen molar-refractivity contribution in [2.24, 2.45) is 0 Å². The number of piperazine rings is 1. The first-order chi connectivity index (χ1) is 13.1. The van der Waals surface area contributed by atoms with E-state index in [0.717, 1.165) is 30.9 Å². The van der Waals surface area contributed by atoms with Crippen LogP contribution in [-0.2, 0) is 16.0 Å². The quantitative estimate of drug-likeness (QED) is 0.768. The Morgan fingerprint density at radius 3 is 2.43 bits per heavy atom. The first-order valence-corrected chi connectivity index (χ1v) is 9.79. The maximum atomic E-state index is 12.3. The van der Waals surface area contributed by atoms with Gasteiger partial charge in [-0.15, -0.1) is 0 Å². The molecule has 1 fully saturated rings. The molecule has 1 aliphatic heterocycles. The Balaban J connectivity index is 1.72. The minimum absolute atomic E-state index is 0.0946. The highest BCUT2D eigenvalue weighted by Crippen LogP contribution is 2.16. The van der Waals surface area contributed by atoms with Gasteiger partial charge in [-0.2, -0.15) is 0 Å². The third-order valence-electron chi connectivity index (χ3n) is 4.57. The summed E-state index contributed by atoms with van der Waals surface area (Å²) >= 11 is 0. The average Bonchev–Trinajstić information content (AvgIpc) is 2.59. The highest BCUT2D eigenvalue weighted by molar-refractivity contribution is 5.68. The fraction of sp³-hybridized carbons (Fsp3) is 0.619. The van der Waals surface area contributed by atoms with Crippen molar-refractivity contribution in [2.45, 2.75) is 52.2 Å². The molecule has 2 rings (SSSR count). The molecule has 1 amide bonds. The van der Waals surface area contributed by atoms with Gasteiger partial charge in [0.1, 0.15) is 18.0 Å². The number of benzene rings is 1. The highest BCUT2D eigenvalue weighted by Gasteiger charge is 2.30. The summed E-state index contributed by atoms with van der Waals surface area (Å²) < 4.78 is 11.3. The van der Waals surface area contributed by atoms with Gasteiger partial charge in [0.2, 0.25) is 0 Å². The Morgan fingerprint density at radius 2 is 1.86 bits per heavy atom. The standard InChI is InChI=1S/C21H32N2O5/c1-16-15-22(11-12-23(16)20(26)28-21(2,3)4)13-14-27-18-8-5-17(6-9-18)7-10-19(24)25/h5-6,8-9,16H,7,10-15H2,1-4H3,(H,24,25)/t16-/m1/s1. The van der Waals surface area contributed by atoms with Gasteiger partial charge in [0.15, 0.2) is 0 Å². The number of amides is 1. The van der Waals surface area contributed by atoms with E-state index >= 15 is 0 Å². The van der Waals surface area contributed by atoms with Crippen molar-refractivity contribution in [3.8, 4) is 5.75 Å². The second kappa shape index (κ2) is 9.78. The molecule has 1 aromatic carbocycles. The average molecular weight is 392 g/mol. The summed E-state index contributed by atoms with van der Waals surface area (Å²) in [5, 5.41) is 8.73. The van der Waals surface area contributed by atoms with Crippen molar-refractivity contribution in [1.82, 2.24) is 9.80 Å². The molecule has 28 heavy (non-hydrogen) atoms. The Hall–Kier alpha value is -2.28. The zero-order valence-corrected chi connectivity index (χ0v) is 17.3. The number of hydrogen-bond donors (Lipinski definition) is 1. The summed E-state index contributed by atoms with van der Waals surface area (Å²) in [6.45, 7) is 11.2. The number of aliphatic carboxylic acids is 1. The van der Waals surface area contributed by atoms with Gasteiger partial charge in [0, 0.05) is 38.6 Å². The molecule has 1 aromatic rings. The van der Waals surface area contributed by atoms with Gasteiger partial charge in [0.25, 0.3) is 0 Å². The zero-order chi connectivity index (χ0) is 20.7. The number of aryl methyl sites for hydroxylation is 1. The van der Waals surface area contributed by atoms with Crippen molar-refractivity contribution in [2.75, 3.05) is 32.8 Å². The van der Waals surface area contributed by atoms with Gasteiger partial charge >= 0.3 is 12.1 Å². The van der Waals surface area contributed by atoms with Gasteiger partial charge in [0.05, 0.1) is 0 Å². The predicted molar refractivity (Wildman–Crippen MR) is 107 cm³/mol. The van der Waals surface area contributed by atoms with E-state index in [1.807, 2.05) is 52.0 Å². The van der Waals surface area contributed by atoms with Crippen LogP contribution < -0.4 is 4.74 Å². The molecule has 1 saturated heterocycles. The van der Waals surface area contributed by atoms with Crippen LogP contribution in [0.4, 0.5) is 4.79 Å². The van der Waals surface area contributed by atoms with Crippen LogP contribution in [0.15, 0.2) is 24.3 Å². The Kier molecular flexibility index (Phi) is 7.69. The van der Waals surface area contributed by atoms with Crippen LogP contribution in [0.3, 0.4) is 0 Å². The van der Waals surface area contributed by atoms with Gasteiger partial charge in [-0.05, 0) is 51.8 Å². The van der Waals surface area contributed by atoms with Crippen LogP contribution in [0, 0.1) is 0 Å². The molecule has 1 aliphatic rings. The lowest BCUT2D eigenvalue weighted by molar-refractivity contribution is -0.136. The number of carbonyl (C=O) groups is 2. The lowest BCUT2D eigenvalue weighted by Crippen LogP contribution is -2.55.